The molecule has 2 heterocycles. The lowest BCUT2D eigenvalue weighted by Crippen LogP contribution is -2.31. The van der Waals surface area contributed by atoms with E-state index in [1.807, 2.05) is 0 Å². The number of hydrogen-bond acceptors (Lipinski definition) is 3. The van der Waals surface area contributed by atoms with Crippen LogP contribution in [-0.4, -0.2) is 24.0 Å². The van der Waals surface area contributed by atoms with Crippen LogP contribution in [0.15, 0.2) is 10.5 Å². The molecule has 2 atom stereocenters. The first-order chi connectivity index (χ1) is 8.76. The van der Waals surface area contributed by atoms with Crippen molar-refractivity contribution in [3.05, 3.63) is 23.2 Å². The summed E-state index contributed by atoms with van der Waals surface area (Å²) in [4.78, 5) is 2.61. The van der Waals surface area contributed by atoms with Crippen molar-refractivity contribution in [3.63, 3.8) is 0 Å². The molecule has 3 nitrogen and oxygen atoms in total. The minimum absolute atomic E-state index is 0.831. The summed E-state index contributed by atoms with van der Waals surface area (Å²) in [7, 11) is 0. The first-order valence-corrected chi connectivity index (χ1v) is 7.29. The maximum absolute atomic E-state index is 5.90. The van der Waals surface area contributed by atoms with Gasteiger partial charge in [-0.05, 0) is 44.7 Å². The maximum Gasteiger partial charge on any atom is 0.118 e. The highest BCUT2D eigenvalue weighted by Crippen LogP contribution is 2.38. The van der Waals surface area contributed by atoms with Crippen LogP contribution in [0.3, 0.4) is 0 Å². The molecule has 3 heteroatoms. The van der Waals surface area contributed by atoms with E-state index in [1.165, 1.54) is 31.4 Å². The van der Waals surface area contributed by atoms with E-state index in [9.17, 15) is 0 Å². The SMILES string of the molecule is CCNCc1cc(CN2CC3CCC2C3)oc1C. The number of likely N-dealkylation sites (tertiary alicyclic amines) is 1. The Balaban J connectivity index is 1.62. The Morgan fingerprint density at radius 2 is 2.33 bits per heavy atom. The Morgan fingerprint density at radius 3 is 3.00 bits per heavy atom. The van der Waals surface area contributed by atoms with E-state index in [4.69, 9.17) is 4.42 Å². The topological polar surface area (TPSA) is 28.4 Å². The van der Waals surface area contributed by atoms with Crippen LogP contribution in [-0.2, 0) is 13.1 Å². The predicted octanol–water partition coefficient (Wildman–Crippen LogP) is 2.68. The van der Waals surface area contributed by atoms with Crippen LogP contribution in [0, 0.1) is 12.8 Å². The van der Waals surface area contributed by atoms with Gasteiger partial charge in [0.1, 0.15) is 11.5 Å². The lowest BCUT2D eigenvalue weighted by molar-refractivity contribution is 0.189. The zero-order valence-electron chi connectivity index (χ0n) is 11.5. The van der Waals surface area contributed by atoms with Gasteiger partial charge in [-0.2, -0.15) is 0 Å². The molecule has 1 N–H and O–H groups in total. The van der Waals surface area contributed by atoms with Crippen molar-refractivity contribution >= 4 is 0 Å². The second kappa shape index (κ2) is 5.06. The van der Waals surface area contributed by atoms with Crippen molar-refractivity contribution in [2.24, 2.45) is 5.92 Å². The van der Waals surface area contributed by atoms with E-state index in [0.717, 1.165) is 43.1 Å². The fourth-order valence-corrected chi connectivity index (χ4v) is 3.52. The van der Waals surface area contributed by atoms with Gasteiger partial charge in [-0.1, -0.05) is 6.92 Å². The molecule has 100 valence electrons. The quantitative estimate of drug-likeness (QED) is 0.868. The molecule has 0 aromatic carbocycles. The van der Waals surface area contributed by atoms with E-state index in [2.05, 4.69) is 30.1 Å². The minimum Gasteiger partial charge on any atom is -0.465 e. The van der Waals surface area contributed by atoms with Crippen molar-refractivity contribution in [1.82, 2.24) is 10.2 Å². The summed E-state index contributed by atoms with van der Waals surface area (Å²) < 4.78 is 5.90. The van der Waals surface area contributed by atoms with Crippen molar-refractivity contribution < 1.29 is 4.42 Å². The molecule has 1 saturated carbocycles. The van der Waals surface area contributed by atoms with Crippen LogP contribution in [0.2, 0.25) is 0 Å². The molecular formula is C15H24N2O. The second-order valence-electron chi connectivity index (χ2n) is 5.84. The minimum atomic E-state index is 0.831. The van der Waals surface area contributed by atoms with Crippen LogP contribution in [0.1, 0.15) is 43.3 Å². The molecule has 1 aliphatic heterocycles. The van der Waals surface area contributed by atoms with Crippen LogP contribution in [0.5, 0.6) is 0 Å². The van der Waals surface area contributed by atoms with E-state index in [1.54, 1.807) is 0 Å². The molecule has 0 spiro atoms. The Hall–Kier alpha value is -0.800. The van der Waals surface area contributed by atoms with Crippen molar-refractivity contribution in [3.8, 4) is 0 Å². The van der Waals surface area contributed by atoms with Crippen molar-refractivity contribution in [1.29, 1.82) is 0 Å². The van der Waals surface area contributed by atoms with Crippen LogP contribution >= 0.6 is 0 Å². The predicted molar refractivity (Wildman–Crippen MR) is 72.4 cm³/mol. The molecular weight excluding hydrogens is 224 g/mol. The standard InChI is InChI=1S/C15H24N2O/c1-3-16-8-13-7-15(18-11(13)2)10-17-9-12-4-5-14(17)6-12/h7,12,14,16H,3-6,8-10H2,1-2H3. The Kier molecular flexibility index (Phi) is 3.44. The summed E-state index contributed by atoms with van der Waals surface area (Å²) in [5, 5.41) is 3.37. The smallest absolute Gasteiger partial charge is 0.118 e. The second-order valence-corrected chi connectivity index (χ2v) is 5.84. The molecule has 0 radical (unpaired) electrons. The molecule has 0 amide bonds. The molecule has 2 aliphatic rings. The molecule has 1 saturated heterocycles. The third kappa shape index (κ3) is 2.34. The maximum atomic E-state index is 5.90. The van der Waals surface area contributed by atoms with Gasteiger partial charge in [0, 0.05) is 24.7 Å². The number of fused-ring (bicyclic) bond motifs is 2. The van der Waals surface area contributed by atoms with Gasteiger partial charge in [0.05, 0.1) is 6.54 Å². The molecule has 2 fully saturated rings. The van der Waals surface area contributed by atoms with Crippen molar-refractivity contribution in [2.75, 3.05) is 13.1 Å². The monoisotopic (exact) mass is 248 g/mol. The van der Waals surface area contributed by atoms with E-state index in [-0.39, 0.29) is 0 Å². The number of nitrogens with one attached hydrogen (secondary N) is 1. The number of rotatable bonds is 5. The first-order valence-electron chi connectivity index (χ1n) is 7.29. The van der Waals surface area contributed by atoms with E-state index < -0.39 is 0 Å². The average molecular weight is 248 g/mol. The normalized spacial score (nSPS) is 27.2. The fraction of sp³-hybridized carbons (Fsp3) is 0.733. The van der Waals surface area contributed by atoms with E-state index in [0.29, 0.717) is 0 Å². The van der Waals surface area contributed by atoms with Crippen LogP contribution in [0.4, 0.5) is 0 Å². The molecule has 1 aliphatic carbocycles. The molecule has 2 bridgehead atoms. The highest BCUT2D eigenvalue weighted by molar-refractivity contribution is 5.21. The van der Waals surface area contributed by atoms with Crippen molar-refractivity contribution in [2.45, 2.75) is 52.2 Å². The number of furan rings is 1. The summed E-state index contributed by atoms with van der Waals surface area (Å²) in [6, 6.07) is 3.07. The Labute approximate surface area is 110 Å². The molecule has 1 aromatic rings. The van der Waals surface area contributed by atoms with Gasteiger partial charge in [-0.25, -0.2) is 0 Å². The summed E-state index contributed by atoms with van der Waals surface area (Å²) in [6.45, 7) is 8.44. The molecule has 18 heavy (non-hydrogen) atoms. The van der Waals surface area contributed by atoms with Gasteiger partial charge < -0.3 is 9.73 Å². The average Bonchev–Trinajstić information content (AvgIpc) is 3.03. The third-order valence-electron chi connectivity index (χ3n) is 4.52. The third-order valence-corrected chi connectivity index (χ3v) is 4.52. The highest BCUT2D eigenvalue weighted by Gasteiger charge is 2.37. The number of piperidine rings is 1. The van der Waals surface area contributed by atoms with Gasteiger partial charge in [0.25, 0.3) is 0 Å². The van der Waals surface area contributed by atoms with Gasteiger partial charge in [-0.3, -0.25) is 4.90 Å². The fourth-order valence-electron chi connectivity index (χ4n) is 3.52. The lowest BCUT2D eigenvalue weighted by Gasteiger charge is -2.25. The van der Waals surface area contributed by atoms with Gasteiger partial charge in [0.2, 0.25) is 0 Å². The van der Waals surface area contributed by atoms with E-state index >= 15 is 0 Å². The lowest BCUT2D eigenvalue weighted by atomic mass is 10.1. The highest BCUT2D eigenvalue weighted by atomic mass is 16.3. The van der Waals surface area contributed by atoms with Gasteiger partial charge in [0.15, 0.2) is 0 Å². The molecule has 2 unspecified atom stereocenters. The summed E-state index contributed by atoms with van der Waals surface area (Å²) >= 11 is 0. The zero-order valence-corrected chi connectivity index (χ0v) is 11.5. The Bertz CT molecular complexity index is 413. The summed E-state index contributed by atoms with van der Waals surface area (Å²) in [5.41, 5.74) is 1.32. The summed E-state index contributed by atoms with van der Waals surface area (Å²) in [6.07, 6.45) is 4.27. The van der Waals surface area contributed by atoms with Gasteiger partial charge in [-0.15, -0.1) is 0 Å². The number of hydrogen-bond donors (Lipinski definition) is 1. The molecule has 1 aromatic heterocycles. The van der Waals surface area contributed by atoms with Crippen LogP contribution < -0.4 is 5.32 Å². The summed E-state index contributed by atoms with van der Waals surface area (Å²) in [5.74, 6) is 3.19. The first kappa shape index (κ1) is 12.2. The number of aryl methyl sites for hydroxylation is 1. The van der Waals surface area contributed by atoms with Gasteiger partial charge >= 0.3 is 0 Å². The zero-order chi connectivity index (χ0) is 12.5. The largest absolute Gasteiger partial charge is 0.465 e. The number of nitrogens with zero attached hydrogens (tertiary/aromatic N) is 1. The molecule has 3 rings (SSSR count). The van der Waals surface area contributed by atoms with Crippen LogP contribution in [0.25, 0.3) is 0 Å². The Morgan fingerprint density at radius 1 is 1.44 bits per heavy atom.